The molecule has 0 fully saturated rings. The number of nitrogens with zero attached hydrogens (tertiary/aromatic N) is 2. The molecule has 4 heteroatoms. The first-order chi connectivity index (χ1) is 6.34. The topological polar surface area (TPSA) is 29.9 Å². The van der Waals surface area contributed by atoms with Gasteiger partial charge in [-0.25, -0.2) is 4.98 Å². The summed E-state index contributed by atoms with van der Waals surface area (Å²) in [4.78, 5) is 4.21. The minimum absolute atomic E-state index is 0.876. The van der Waals surface area contributed by atoms with Crippen LogP contribution < -0.4 is 5.32 Å². The van der Waals surface area contributed by atoms with E-state index < -0.39 is 0 Å². The minimum Gasteiger partial charge on any atom is -0.329 e. The Morgan fingerprint density at radius 1 is 1.77 bits per heavy atom. The molecule has 0 aromatic carbocycles. The normalized spacial score (nSPS) is 10.2. The zero-order valence-electron chi connectivity index (χ0n) is 7.86. The van der Waals surface area contributed by atoms with Gasteiger partial charge in [-0.05, 0) is 0 Å². The number of hydrogen-bond acceptors (Lipinski definition) is 3. The summed E-state index contributed by atoms with van der Waals surface area (Å²) in [5, 5.41) is 4.31. The van der Waals surface area contributed by atoms with Crippen LogP contribution in [0.15, 0.2) is 30.2 Å². The summed E-state index contributed by atoms with van der Waals surface area (Å²) in [6.45, 7) is 5.50. The van der Waals surface area contributed by atoms with Crippen LogP contribution in [0.3, 0.4) is 0 Å². The Balaban J connectivity index is 2.13. The summed E-state index contributed by atoms with van der Waals surface area (Å²) in [6, 6.07) is 0. The molecule has 0 radical (unpaired) electrons. The highest BCUT2D eigenvalue weighted by Crippen LogP contribution is 2.12. The number of hydrogen-bond donors (Lipinski definition) is 1. The van der Waals surface area contributed by atoms with Crippen LogP contribution in [0.2, 0.25) is 0 Å². The molecule has 0 amide bonds. The van der Waals surface area contributed by atoms with Crippen molar-refractivity contribution in [1.82, 2.24) is 14.9 Å². The summed E-state index contributed by atoms with van der Waals surface area (Å²) in [7, 11) is 2.01. The number of imidazole rings is 1. The average Bonchev–Trinajstić information content (AvgIpc) is 2.52. The summed E-state index contributed by atoms with van der Waals surface area (Å²) in [5.41, 5.74) is 0. The van der Waals surface area contributed by atoms with Gasteiger partial charge in [0.15, 0.2) is 5.16 Å². The maximum Gasteiger partial charge on any atom is 0.167 e. The Bertz CT molecular complexity index is 257. The van der Waals surface area contributed by atoms with Gasteiger partial charge in [-0.3, -0.25) is 0 Å². The third kappa shape index (κ3) is 3.65. The first kappa shape index (κ1) is 10.3. The van der Waals surface area contributed by atoms with E-state index in [1.54, 1.807) is 11.8 Å². The van der Waals surface area contributed by atoms with E-state index in [1.807, 2.05) is 30.1 Å². The van der Waals surface area contributed by atoms with Crippen LogP contribution in [0.25, 0.3) is 0 Å². The third-order valence-corrected chi connectivity index (χ3v) is 2.64. The average molecular weight is 197 g/mol. The van der Waals surface area contributed by atoms with E-state index in [4.69, 9.17) is 0 Å². The van der Waals surface area contributed by atoms with Crippen molar-refractivity contribution in [2.45, 2.75) is 5.16 Å². The predicted molar refractivity (Wildman–Crippen MR) is 57.0 cm³/mol. The van der Waals surface area contributed by atoms with Gasteiger partial charge in [0.25, 0.3) is 0 Å². The molecule has 1 aromatic rings. The predicted octanol–water partition coefficient (Wildman–Crippen LogP) is 1.29. The molecule has 0 saturated heterocycles. The molecule has 0 bridgehead atoms. The molecule has 0 atom stereocenters. The van der Waals surface area contributed by atoms with Crippen molar-refractivity contribution in [2.24, 2.45) is 7.05 Å². The Hall–Kier alpha value is -0.740. The molecule has 1 heterocycles. The van der Waals surface area contributed by atoms with Crippen molar-refractivity contribution in [2.75, 3.05) is 18.8 Å². The lowest BCUT2D eigenvalue weighted by Crippen LogP contribution is -2.16. The largest absolute Gasteiger partial charge is 0.329 e. The first-order valence-corrected chi connectivity index (χ1v) is 5.25. The minimum atomic E-state index is 0.876. The highest BCUT2D eigenvalue weighted by molar-refractivity contribution is 7.99. The molecule has 1 aromatic heterocycles. The second kappa shape index (κ2) is 5.83. The van der Waals surface area contributed by atoms with Crippen molar-refractivity contribution in [1.29, 1.82) is 0 Å². The summed E-state index contributed by atoms with van der Waals surface area (Å²) in [5.74, 6) is 1.04. The van der Waals surface area contributed by atoms with E-state index in [0.717, 1.165) is 24.0 Å². The number of rotatable bonds is 6. The summed E-state index contributed by atoms with van der Waals surface area (Å²) < 4.78 is 2.03. The fourth-order valence-electron chi connectivity index (χ4n) is 0.910. The van der Waals surface area contributed by atoms with Gasteiger partial charge in [0.05, 0.1) is 0 Å². The molecule has 0 spiro atoms. The van der Waals surface area contributed by atoms with E-state index in [9.17, 15) is 0 Å². The second-order valence-electron chi connectivity index (χ2n) is 2.66. The number of aryl methyl sites for hydroxylation is 1. The zero-order chi connectivity index (χ0) is 9.52. The Morgan fingerprint density at radius 2 is 2.62 bits per heavy atom. The van der Waals surface area contributed by atoms with Gasteiger partial charge in [-0.1, -0.05) is 17.8 Å². The quantitative estimate of drug-likeness (QED) is 0.423. The van der Waals surface area contributed by atoms with Crippen molar-refractivity contribution < 1.29 is 0 Å². The molecule has 3 nitrogen and oxygen atoms in total. The molecule has 0 aliphatic carbocycles. The van der Waals surface area contributed by atoms with Crippen LogP contribution in [0.5, 0.6) is 0 Å². The van der Waals surface area contributed by atoms with E-state index in [2.05, 4.69) is 16.9 Å². The van der Waals surface area contributed by atoms with E-state index in [1.165, 1.54) is 0 Å². The van der Waals surface area contributed by atoms with E-state index in [0.29, 0.717) is 0 Å². The van der Waals surface area contributed by atoms with Gasteiger partial charge in [-0.2, -0.15) is 0 Å². The fraction of sp³-hybridized carbons (Fsp3) is 0.444. The van der Waals surface area contributed by atoms with Crippen LogP contribution in [-0.2, 0) is 7.05 Å². The number of aromatic nitrogens is 2. The lowest BCUT2D eigenvalue weighted by molar-refractivity contribution is 0.779. The lowest BCUT2D eigenvalue weighted by Gasteiger charge is -2.01. The van der Waals surface area contributed by atoms with Gasteiger partial charge >= 0.3 is 0 Å². The maximum absolute atomic E-state index is 4.21. The van der Waals surface area contributed by atoms with Crippen LogP contribution >= 0.6 is 11.8 Å². The molecule has 0 unspecified atom stereocenters. The summed E-state index contributed by atoms with van der Waals surface area (Å²) in [6.07, 6.45) is 5.64. The smallest absolute Gasteiger partial charge is 0.167 e. The zero-order valence-corrected chi connectivity index (χ0v) is 8.68. The maximum atomic E-state index is 4.21. The van der Waals surface area contributed by atoms with Gasteiger partial charge in [-0.15, -0.1) is 6.58 Å². The van der Waals surface area contributed by atoms with Crippen molar-refractivity contribution in [3.8, 4) is 0 Å². The monoisotopic (exact) mass is 197 g/mol. The fourth-order valence-corrected chi connectivity index (χ4v) is 1.74. The molecule has 72 valence electrons. The molecule has 1 N–H and O–H groups in total. The lowest BCUT2D eigenvalue weighted by atomic mass is 10.6. The molecular weight excluding hydrogens is 182 g/mol. The SMILES string of the molecule is C=CCNCCSc1nccn1C. The van der Waals surface area contributed by atoms with Gasteiger partial charge < -0.3 is 9.88 Å². The number of nitrogens with one attached hydrogen (secondary N) is 1. The third-order valence-electron chi connectivity index (χ3n) is 1.58. The Labute approximate surface area is 83.2 Å². The van der Waals surface area contributed by atoms with Crippen LogP contribution in [0.1, 0.15) is 0 Å². The van der Waals surface area contributed by atoms with Crippen LogP contribution in [0.4, 0.5) is 0 Å². The molecule has 0 aliphatic heterocycles. The van der Waals surface area contributed by atoms with Crippen molar-refractivity contribution in [3.05, 3.63) is 25.0 Å². The van der Waals surface area contributed by atoms with E-state index >= 15 is 0 Å². The van der Waals surface area contributed by atoms with Crippen molar-refractivity contribution in [3.63, 3.8) is 0 Å². The van der Waals surface area contributed by atoms with Crippen LogP contribution in [-0.4, -0.2) is 28.4 Å². The second-order valence-corrected chi connectivity index (χ2v) is 3.72. The van der Waals surface area contributed by atoms with E-state index in [-0.39, 0.29) is 0 Å². The molecule has 13 heavy (non-hydrogen) atoms. The molecular formula is C9H15N3S. The van der Waals surface area contributed by atoms with Gasteiger partial charge in [0.2, 0.25) is 0 Å². The molecule has 0 aliphatic rings. The number of thioether (sulfide) groups is 1. The summed E-state index contributed by atoms with van der Waals surface area (Å²) >= 11 is 1.76. The standard InChI is InChI=1S/C9H15N3S/c1-3-4-10-6-8-13-9-11-5-7-12(9)2/h3,5,7,10H,1,4,6,8H2,2H3. The molecule has 0 saturated carbocycles. The highest BCUT2D eigenvalue weighted by atomic mass is 32.2. The highest BCUT2D eigenvalue weighted by Gasteiger charge is 1.97. The van der Waals surface area contributed by atoms with Gasteiger partial charge in [0, 0.05) is 38.3 Å². The van der Waals surface area contributed by atoms with Crippen LogP contribution in [0, 0.1) is 0 Å². The first-order valence-electron chi connectivity index (χ1n) is 4.26. The van der Waals surface area contributed by atoms with Gasteiger partial charge in [0.1, 0.15) is 0 Å². The van der Waals surface area contributed by atoms with Crippen molar-refractivity contribution >= 4 is 11.8 Å². The Morgan fingerprint density at radius 3 is 3.23 bits per heavy atom. The Kier molecular flexibility index (Phi) is 4.64. The molecule has 1 rings (SSSR count).